The van der Waals surface area contributed by atoms with E-state index in [-0.39, 0.29) is 18.4 Å². The van der Waals surface area contributed by atoms with Crippen LogP contribution >= 0.6 is 0 Å². The molecule has 100 valence electrons. The van der Waals surface area contributed by atoms with Crippen molar-refractivity contribution in [3.8, 4) is 0 Å². The molecular formula is C11H20N6O. The number of hydrogen-bond donors (Lipinski definition) is 3. The van der Waals surface area contributed by atoms with Crippen molar-refractivity contribution in [1.29, 1.82) is 0 Å². The van der Waals surface area contributed by atoms with Gasteiger partial charge in [0.1, 0.15) is 11.6 Å². The van der Waals surface area contributed by atoms with Crippen LogP contribution in [0.3, 0.4) is 0 Å². The third kappa shape index (κ3) is 4.08. The molecule has 0 fully saturated rings. The van der Waals surface area contributed by atoms with Crippen molar-refractivity contribution in [2.24, 2.45) is 0 Å². The first-order chi connectivity index (χ1) is 8.56. The summed E-state index contributed by atoms with van der Waals surface area (Å²) < 4.78 is 0. The maximum atomic E-state index is 11.5. The Morgan fingerprint density at radius 3 is 2.72 bits per heavy atom. The Morgan fingerprint density at radius 1 is 1.39 bits per heavy atom. The molecule has 18 heavy (non-hydrogen) atoms. The standard InChI is InChI=1S/C11H20N6O/c1-4-13-8-6-9(16-11(12)15-8)17(3)7-10(18)14-5-2/h6H,4-5,7H2,1-3H3,(H,14,18)(H3,12,13,15,16). The normalized spacial score (nSPS) is 9.94. The zero-order chi connectivity index (χ0) is 13.5. The number of nitrogens with two attached hydrogens (primary N) is 1. The second-order valence-corrected chi connectivity index (χ2v) is 3.81. The fourth-order valence-electron chi connectivity index (χ4n) is 1.47. The Hall–Kier alpha value is -2.05. The number of likely N-dealkylation sites (N-methyl/N-ethyl adjacent to an activating group) is 2. The molecule has 0 spiro atoms. The van der Waals surface area contributed by atoms with E-state index in [2.05, 4.69) is 20.6 Å². The van der Waals surface area contributed by atoms with Crippen molar-refractivity contribution < 1.29 is 4.79 Å². The lowest BCUT2D eigenvalue weighted by atomic mass is 10.4. The minimum absolute atomic E-state index is 0.0535. The third-order valence-electron chi connectivity index (χ3n) is 2.23. The molecular weight excluding hydrogens is 232 g/mol. The van der Waals surface area contributed by atoms with Crippen LogP contribution < -0.4 is 21.3 Å². The Bertz CT molecular complexity index is 409. The van der Waals surface area contributed by atoms with Gasteiger partial charge in [0.05, 0.1) is 6.54 Å². The summed E-state index contributed by atoms with van der Waals surface area (Å²) in [6.07, 6.45) is 0. The van der Waals surface area contributed by atoms with Crippen LogP contribution in [0.15, 0.2) is 6.07 Å². The SMILES string of the molecule is CCNC(=O)CN(C)c1cc(NCC)nc(N)n1. The van der Waals surface area contributed by atoms with Crippen LogP contribution in [0.1, 0.15) is 13.8 Å². The number of amides is 1. The minimum Gasteiger partial charge on any atom is -0.370 e. The average Bonchev–Trinajstić information content (AvgIpc) is 2.28. The summed E-state index contributed by atoms with van der Waals surface area (Å²) in [7, 11) is 1.78. The van der Waals surface area contributed by atoms with Crippen LogP contribution in [0.2, 0.25) is 0 Å². The molecule has 0 unspecified atom stereocenters. The fourth-order valence-corrected chi connectivity index (χ4v) is 1.47. The minimum atomic E-state index is -0.0535. The second-order valence-electron chi connectivity index (χ2n) is 3.81. The number of anilines is 3. The lowest BCUT2D eigenvalue weighted by molar-refractivity contribution is -0.119. The second kappa shape index (κ2) is 6.63. The van der Waals surface area contributed by atoms with Gasteiger partial charge < -0.3 is 21.3 Å². The lowest BCUT2D eigenvalue weighted by Crippen LogP contribution is -2.35. The molecule has 0 aromatic carbocycles. The number of aromatic nitrogens is 2. The van der Waals surface area contributed by atoms with Crippen LogP contribution in [0.4, 0.5) is 17.6 Å². The maximum absolute atomic E-state index is 11.5. The van der Waals surface area contributed by atoms with E-state index in [9.17, 15) is 4.79 Å². The number of carbonyl (C=O) groups is 1. The first kappa shape index (κ1) is 14.0. The summed E-state index contributed by atoms with van der Waals surface area (Å²) in [4.78, 5) is 21.4. The van der Waals surface area contributed by atoms with Gasteiger partial charge in [0.25, 0.3) is 0 Å². The summed E-state index contributed by atoms with van der Waals surface area (Å²) in [6.45, 7) is 5.44. The van der Waals surface area contributed by atoms with E-state index in [4.69, 9.17) is 5.73 Å². The van der Waals surface area contributed by atoms with E-state index < -0.39 is 0 Å². The Morgan fingerprint density at radius 2 is 2.11 bits per heavy atom. The number of rotatable bonds is 6. The largest absolute Gasteiger partial charge is 0.370 e. The summed E-state index contributed by atoms with van der Waals surface area (Å²) in [6, 6.07) is 1.76. The highest BCUT2D eigenvalue weighted by molar-refractivity contribution is 5.81. The van der Waals surface area contributed by atoms with E-state index in [1.54, 1.807) is 18.0 Å². The van der Waals surface area contributed by atoms with Crippen molar-refractivity contribution in [1.82, 2.24) is 15.3 Å². The Kier molecular flexibility index (Phi) is 5.16. The zero-order valence-corrected chi connectivity index (χ0v) is 11.0. The highest BCUT2D eigenvalue weighted by Gasteiger charge is 2.10. The van der Waals surface area contributed by atoms with Crippen molar-refractivity contribution in [3.63, 3.8) is 0 Å². The van der Waals surface area contributed by atoms with Gasteiger partial charge in [0.2, 0.25) is 11.9 Å². The van der Waals surface area contributed by atoms with E-state index in [1.165, 1.54) is 0 Å². The van der Waals surface area contributed by atoms with Gasteiger partial charge in [0.15, 0.2) is 0 Å². The number of nitrogens with zero attached hydrogens (tertiary/aromatic N) is 3. The quantitative estimate of drug-likeness (QED) is 0.662. The molecule has 0 saturated heterocycles. The van der Waals surface area contributed by atoms with E-state index in [0.29, 0.717) is 18.2 Å². The molecule has 0 aliphatic carbocycles. The van der Waals surface area contributed by atoms with Gasteiger partial charge in [-0.2, -0.15) is 9.97 Å². The first-order valence-electron chi connectivity index (χ1n) is 5.93. The van der Waals surface area contributed by atoms with Gasteiger partial charge in [-0.05, 0) is 13.8 Å². The average molecular weight is 252 g/mol. The highest BCUT2D eigenvalue weighted by atomic mass is 16.2. The molecule has 0 saturated carbocycles. The first-order valence-corrected chi connectivity index (χ1v) is 5.93. The zero-order valence-electron chi connectivity index (χ0n) is 11.0. The van der Waals surface area contributed by atoms with Crippen molar-refractivity contribution in [2.45, 2.75) is 13.8 Å². The number of nitrogen functional groups attached to an aromatic ring is 1. The van der Waals surface area contributed by atoms with Crippen molar-refractivity contribution in [3.05, 3.63) is 6.07 Å². The van der Waals surface area contributed by atoms with E-state index in [1.807, 2.05) is 13.8 Å². The Labute approximate surface area is 107 Å². The van der Waals surface area contributed by atoms with Gasteiger partial charge >= 0.3 is 0 Å². The van der Waals surface area contributed by atoms with Gasteiger partial charge in [0, 0.05) is 26.2 Å². The lowest BCUT2D eigenvalue weighted by Gasteiger charge is -2.18. The monoisotopic (exact) mass is 252 g/mol. The molecule has 7 nitrogen and oxygen atoms in total. The van der Waals surface area contributed by atoms with Gasteiger partial charge in [-0.3, -0.25) is 4.79 Å². The number of nitrogens with one attached hydrogen (secondary N) is 2. The number of carbonyl (C=O) groups excluding carboxylic acids is 1. The van der Waals surface area contributed by atoms with Crippen LogP contribution in [-0.2, 0) is 4.79 Å². The number of hydrogen-bond acceptors (Lipinski definition) is 6. The molecule has 0 aliphatic heterocycles. The van der Waals surface area contributed by atoms with Crippen LogP contribution in [0.5, 0.6) is 0 Å². The molecule has 1 aromatic rings. The molecule has 0 bridgehead atoms. The van der Waals surface area contributed by atoms with Gasteiger partial charge in [-0.15, -0.1) is 0 Å². The predicted octanol–water partition coefficient (Wildman–Crippen LogP) is 0.0629. The molecule has 1 amide bonds. The Balaban J connectivity index is 2.78. The third-order valence-corrected chi connectivity index (χ3v) is 2.23. The summed E-state index contributed by atoms with van der Waals surface area (Å²) in [5.41, 5.74) is 5.63. The van der Waals surface area contributed by atoms with Gasteiger partial charge in [-0.25, -0.2) is 0 Å². The van der Waals surface area contributed by atoms with Gasteiger partial charge in [-0.1, -0.05) is 0 Å². The smallest absolute Gasteiger partial charge is 0.239 e. The van der Waals surface area contributed by atoms with Crippen molar-refractivity contribution >= 4 is 23.5 Å². The summed E-state index contributed by atoms with van der Waals surface area (Å²) in [5, 5.41) is 5.79. The van der Waals surface area contributed by atoms with Crippen LogP contribution in [-0.4, -0.2) is 42.6 Å². The molecule has 0 radical (unpaired) electrons. The molecule has 7 heteroatoms. The van der Waals surface area contributed by atoms with E-state index in [0.717, 1.165) is 6.54 Å². The summed E-state index contributed by atoms with van der Waals surface area (Å²) >= 11 is 0. The van der Waals surface area contributed by atoms with Crippen LogP contribution in [0.25, 0.3) is 0 Å². The molecule has 1 heterocycles. The van der Waals surface area contributed by atoms with Crippen LogP contribution in [0, 0.1) is 0 Å². The molecule has 0 atom stereocenters. The molecule has 0 aliphatic rings. The maximum Gasteiger partial charge on any atom is 0.239 e. The van der Waals surface area contributed by atoms with Crippen molar-refractivity contribution in [2.75, 3.05) is 42.6 Å². The van der Waals surface area contributed by atoms with E-state index >= 15 is 0 Å². The summed E-state index contributed by atoms with van der Waals surface area (Å²) in [5.74, 6) is 1.40. The fraction of sp³-hybridized carbons (Fsp3) is 0.545. The highest BCUT2D eigenvalue weighted by Crippen LogP contribution is 2.15. The molecule has 4 N–H and O–H groups in total. The topological polar surface area (TPSA) is 96.2 Å². The molecule has 1 aromatic heterocycles. The predicted molar refractivity (Wildman–Crippen MR) is 72.6 cm³/mol. The molecule has 1 rings (SSSR count).